The molecular weight excluding hydrogens is 633 g/mol. The minimum absolute atomic E-state index is 0.000730. The van der Waals surface area contributed by atoms with Gasteiger partial charge in [-0.2, -0.15) is 0 Å². The quantitative estimate of drug-likeness (QED) is 0.158. The van der Waals surface area contributed by atoms with Gasteiger partial charge in [0, 0.05) is 47.0 Å². The van der Waals surface area contributed by atoms with Crippen LogP contribution < -0.4 is 0 Å². The lowest BCUT2D eigenvalue weighted by molar-refractivity contribution is 0.848. The first-order valence-corrected chi connectivity index (χ1v) is 16.2. The SMILES string of the molecule is [2H]c1c([2H])c([2H])c(-c2cccc(C(C)C)c2-n2ccnc2-c2c([2H])c([2H])c([2H])c([2H])c2[2H])c([2H])c1[2H].[2H]c1cc([2H])c(C(C)C)c(-n2ccnc2-c2c([2H])c([2H])c([2H])c([2H])c2[2H])c1-c1c([2H])c([2H])c([2H])c([2H])c1[2H]. The summed E-state index contributed by atoms with van der Waals surface area (Å²) in [5, 5.41) is 0. The van der Waals surface area contributed by atoms with E-state index in [1.165, 1.54) is 29.2 Å². The van der Waals surface area contributed by atoms with Crippen LogP contribution in [0.4, 0.5) is 0 Å². The Kier molecular flexibility index (Phi) is 5.10. The largest absolute Gasteiger partial charge is 0.299 e. The van der Waals surface area contributed by atoms with Gasteiger partial charge >= 0.3 is 0 Å². The maximum Gasteiger partial charge on any atom is 0.144 e. The van der Waals surface area contributed by atoms with Crippen LogP contribution in [0.1, 0.15) is 80.8 Å². The molecule has 2 heterocycles. The van der Waals surface area contributed by atoms with Gasteiger partial charge in [-0.05, 0) is 34.1 Å². The lowest BCUT2D eigenvalue weighted by atomic mass is 9.94. The molecule has 52 heavy (non-hydrogen) atoms. The zero-order valence-electron chi connectivity index (χ0n) is 50.6. The second-order valence-electron chi connectivity index (χ2n) is 11.9. The predicted octanol–water partition coefficient (Wildman–Crippen LogP) is 12.7. The maximum absolute atomic E-state index is 8.73. The molecule has 0 bridgehead atoms. The summed E-state index contributed by atoms with van der Waals surface area (Å²) in [6, 6.07) is -4.00. The maximum atomic E-state index is 8.73. The summed E-state index contributed by atoms with van der Waals surface area (Å²) in [5.41, 5.74) is 1.37. The molecule has 0 fully saturated rings. The molecule has 4 nitrogen and oxygen atoms in total. The van der Waals surface area contributed by atoms with E-state index in [9.17, 15) is 0 Å². The molecule has 0 saturated carbocycles. The highest BCUT2D eigenvalue weighted by molar-refractivity contribution is 5.78. The van der Waals surface area contributed by atoms with Gasteiger partial charge in [-0.15, -0.1) is 0 Å². The molecule has 0 aliphatic rings. The van der Waals surface area contributed by atoms with E-state index in [2.05, 4.69) is 9.97 Å². The summed E-state index contributed by atoms with van der Waals surface area (Å²) in [6.07, 6.45) is 5.75. The van der Waals surface area contributed by atoms with Crippen LogP contribution in [0.3, 0.4) is 0 Å². The van der Waals surface area contributed by atoms with Crippen LogP contribution in [0.15, 0.2) is 182 Å². The molecule has 0 radical (unpaired) electrons. The van der Waals surface area contributed by atoms with Crippen LogP contribution in [0.2, 0.25) is 0 Å². The Morgan fingerprint density at radius 2 is 0.865 bits per heavy atom. The van der Waals surface area contributed by atoms with E-state index in [0.29, 0.717) is 16.8 Å². The summed E-state index contributed by atoms with van der Waals surface area (Å²) in [4.78, 5) is 8.58. The van der Waals surface area contributed by atoms with E-state index in [1.54, 1.807) is 36.7 Å². The van der Waals surface area contributed by atoms with Crippen LogP contribution in [0.25, 0.3) is 56.4 Å². The zero-order valence-corrected chi connectivity index (χ0v) is 28.6. The molecule has 8 rings (SSSR count). The first kappa shape index (κ1) is 16.8. The van der Waals surface area contributed by atoms with Gasteiger partial charge in [-0.25, -0.2) is 9.97 Å². The summed E-state index contributed by atoms with van der Waals surface area (Å²) in [6.45, 7) is 7.44. The normalized spacial score (nSPS) is 17.0. The minimum atomic E-state index is -0.597. The summed E-state index contributed by atoms with van der Waals surface area (Å²) in [7, 11) is 0. The third-order valence-corrected chi connectivity index (χ3v) is 7.93. The van der Waals surface area contributed by atoms with E-state index in [-0.39, 0.29) is 81.2 Å². The van der Waals surface area contributed by atoms with Gasteiger partial charge < -0.3 is 0 Å². The van der Waals surface area contributed by atoms with Crippen molar-refractivity contribution in [3.05, 3.63) is 193 Å². The van der Waals surface area contributed by atoms with Crippen molar-refractivity contribution >= 4 is 0 Å². The molecule has 4 heteroatoms. The van der Waals surface area contributed by atoms with Gasteiger partial charge in [-0.3, -0.25) is 9.13 Å². The molecule has 0 atom stereocenters. The van der Waals surface area contributed by atoms with E-state index in [0.717, 1.165) is 5.56 Å². The Labute approximate surface area is 338 Å². The van der Waals surface area contributed by atoms with Crippen molar-refractivity contribution in [1.82, 2.24) is 19.1 Å². The van der Waals surface area contributed by atoms with E-state index < -0.39 is 109 Å². The monoisotopic (exact) mass is 698 g/mol. The number of nitrogens with zero attached hydrogens (tertiary/aromatic N) is 4. The lowest BCUT2D eigenvalue weighted by Crippen LogP contribution is -2.05. The Bertz CT molecular complexity index is 3500. The van der Waals surface area contributed by atoms with Gasteiger partial charge in [0.2, 0.25) is 0 Å². The number of hydrogen-bond acceptors (Lipinski definition) is 2. The number of benzene rings is 6. The highest BCUT2D eigenvalue weighted by atomic mass is 15.1. The van der Waals surface area contributed by atoms with Crippen LogP contribution >= 0.6 is 0 Å². The van der Waals surface area contributed by atoms with Crippen molar-refractivity contribution in [1.29, 1.82) is 0 Å². The number of imidazole rings is 2. The summed E-state index contributed by atoms with van der Waals surface area (Å²) in [5.74, 6) is -0.423. The Balaban J connectivity index is 0.000000217. The molecule has 0 N–H and O–H groups in total. The molecular formula is C48H44N4. The molecule has 8 aromatic rings. The van der Waals surface area contributed by atoms with Crippen molar-refractivity contribution in [3.63, 3.8) is 0 Å². The third kappa shape index (κ3) is 7.15. The third-order valence-electron chi connectivity index (χ3n) is 7.93. The molecule has 2 aromatic heterocycles. The van der Waals surface area contributed by atoms with Crippen LogP contribution in [-0.4, -0.2) is 19.1 Å². The second kappa shape index (κ2) is 15.7. The molecule has 256 valence electrons. The first-order valence-electron chi connectivity index (χ1n) is 27.2. The zero-order chi connectivity index (χ0) is 55.0. The van der Waals surface area contributed by atoms with Crippen molar-refractivity contribution < 1.29 is 30.2 Å². The smallest absolute Gasteiger partial charge is 0.144 e. The Hall–Kier alpha value is -6.26. The van der Waals surface area contributed by atoms with Gasteiger partial charge in [0.1, 0.15) is 11.6 Å². The van der Waals surface area contributed by atoms with Crippen LogP contribution in [-0.2, 0) is 0 Å². The fraction of sp³-hybridized carbons (Fsp3) is 0.125. The molecule has 0 amide bonds. The second-order valence-corrected chi connectivity index (χ2v) is 11.9. The summed E-state index contributed by atoms with van der Waals surface area (Å²) >= 11 is 0. The van der Waals surface area contributed by atoms with Crippen molar-refractivity contribution in [2.45, 2.75) is 39.5 Å². The first-order chi connectivity index (χ1) is 34.6. The highest BCUT2D eigenvalue weighted by Crippen LogP contribution is 2.37. The minimum Gasteiger partial charge on any atom is -0.299 e. The fourth-order valence-electron chi connectivity index (χ4n) is 5.66. The van der Waals surface area contributed by atoms with Crippen molar-refractivity contribution in [3.8, 4) is 56.4 Å². The Morgan fingerprint density at radius 3 is 1.33 bits per heavy atom. The number of hydrogen-bond donors (Lipinski definition) is 0. The van der Waals surface area contributed by atoms with E-state index >= 15 is 0 Å². The fourth-order valence-corrected chi connectivity index (χ4v) is 5.66. The average molecular weight is 699 g/mol. The van der Waals surface area contributed by atoms with Gasteiger partial charge in [-0.1, -0.05) is 185 Å². The van der Waals surface area contributed by atoms with Gasteiger partial charge in [0.25, 0.3) is 0 Å². The highest BCUT2D eigenvalue weighted by Gasteiger charge is 2.19. The van der Waals surface area contributed by atoms with Crippen LogP contribution in [0.5, 0.6) is 0 Å². The standard InChI is InChI=1S/2C24H22N2/c2*1-18(2)21-14-9-15-22(19-10-5-3-6-11-19)23(21)26-17-16-25-24(26)20-12-7-4-8-13-20/h2*3-18H,1-2H3/i3D,4D,5D,6D,7D,8D,10D,11D,12D,13D,14D,15D;3D,4D,5D,6D,7D,8D,10D,11D,12D,13D. The van der Waals surface area contributed by atoms with Gasteiger partial charge in [0.05, 0.1) is 41.5 Å². The van der Waals surface area contributed by atoms with E-state index in [4.69, 9.17) is 30.2 Å². The Morgan fingerprint density at radius 1 is 0.442 bits per heavy atom. The molecule has 0 aliphatic heterocycles. The number of rotatable bonds is 8. The summed E-state index contributed by atoms with van der Waals surface area (Å²) < 4.78 is 185. The molecule has 0 aliphatic carbocycles. The van der Waals surface area contributed by atoms with Gasteiger partial charge in [0.15, 0.2) is 0 Å². The topological polar surface area (TPSA) is 35.6 Å². The number of aromatic nitrogens is 4. The molecule has 0 spiro atoms. The average Bonchev–Trinajstić information content (AvgIpc) is 4.05. The lowest BCUT2D eigenvalue weighted by Gasteiger charge is -2.20. The van der Waals surface area contributed by atoms with Crippen LogP contribution in [0, 0.1) is 0 Å². The van der Waals surface area contributed by atoms with E-state index in [1.807, 2.05) is 19.9 Å². The molecule has 0 saturated heterocycles. The van der Waals surface area contributed by atoms with Crippen molar-refractivity contribution in [2.24, 2.45) is 0 Å². The number of para-hydroxylation sites is 2. The van der Waals surface area contributed by atoms with Crippen molar-refractivity contribution in [2.75, 3.05) is 0 Å². The molecule has 6 aromatic carbocycles. The predicted molar refractivity (Wildman–Crippen MR) is 217 cm³/mol. The molecule has 0 unspecified atom stereocenters.